The number of carboxylic acid groups (broad SMARTS) is 1. The van der Waals surface area contributed by atoms with E-state index in [0.29, 0.717) is 6.42 Å². The van der Waals surface area contributed by atoms with Crippen LogP contribution < -0.4 is 0 Å². The molecule has 0 aliphatic rings. The molecule has 70 valence electrons. The Kier molecular flexibility index (Phi) is 2.66. The van der Waals surface area contributed by atoms with Crippen molar-refractivity contribution in [1.29, 1.82) is 0 Å². The summed E-state index contributed by atoms with van der Waals surface area (Å²) < 4.78 is 0. The summed E-state index contributed by atoms with van der Waals surface area (Å²) in [7, 11) is 0. The highest BCUT2D eigenvalue weighted by Crippen LogP contribution is 2.12. The number of carboxylic acids is 1. The molecule has 3 heteroatoms. The van der Waals surface area contributed by atoms with Crippen molar-refractivity contribution in [2.75, 3.05) is 0 Å². The second-order valence-electron chi connectivity index (χ2n) is 3.06. The molecule has 1 N–H and O–H groups in total. The second-order valence-corrected chi connectivity index (χ2v) is 3.06. The van der Waals surface area contributed by atoms with Gasteiger partial charge in [-0.15, -0.1) is 0 Å². The van der Waals surface area contributed by atoms with E-state index in [-0.39, 0.29) is 5.69 Å². The molecule has 1 heterocycles. The van der Waals surface area contributed by atoms with Crippen molar-refractivity contribution in [3.05, 3.63) is 28.6 Å². The van der Waals surface area contributed by atoms with Crippen LogP contribution >= 0.6 is 0 Å². The molecule has 0 amide bonds. The summed E-state index contributed by atoms with van der Waals surface area (Å²) in [4.78, 5) is 14.8. The lowest BCUT2D eigenvalue weighted by atomic mass is 10.1. The Balaban J connectivity index is 3.33. The Morgan fingerprint density at radius 3 is 2.62 bits per heavy atom. The number of aromatic carboxylic acids is 1. The predicted octanol–water partition coefficient (Wildman–Crippen LogP) is 1.96. The van der Waals surface area contributed by atoms with E-state index in [2.05, 4.69) is 4.98 Å². The van der Waals surface area contributed by atoms with Crippen LogP contribution in [0.25, 0.3) is 0 Å². The van der Waals surface area contributed by atoms with Crippen LogP contribution in [0.2, 0.25) is 0 Å². The van der Waals surface area contributed by atoms with Gasteiger partial charge in [0.05, 0.1) is 0 Å². The van der Waals surface area contributed by atoms with Crippen molar-refractivity contribution in [2.24, 2.45) is 0 Å². The SMILES string of the molecule is CCc1cc(C)c(C)nc1C(=O)O. The first-order chi connectivity index (χ1) is 6.06. The Morgan fingerprint density at radius 1 is 1.54 bits per heavy atom. The van der Waals surface area contributed by atoms with Gasteiger partial charge >= 0.3 is 5.97 Å². The van der Waals surface area contributed by atoms with E-state index in [1.54, 1.807) is 0 Å². The topological polar surface area (TPSA) is 50.2 Å². The molecular weight excluding hydrogens is 166 g/mol. The maximum absolute atomic E-state index is 10.8. The average Bonchev–Trinajstić information content (AvgIpc) is 2.08. The molecule has 0 bridgehead atoms. The van der Waals surface area contributed by atoms with Gasteiger partial charge in [-0.3, -0.25) is 0 Å². The monoisotopic (exact) mass is 179 g/mol. The van der Waals surface area contributed by atoms with Crippen LogP contribution in [-0.2, 0) is 6.42 Å². The molecule has 0 atom stereocenters. The first-order valence-corrected chi connectivity index (χ1v) is 4.26. The maximum atomic E-state index is 10.8. The van der Waals surface area contributed by atoms with E-state index in [0.717, 1.165) is 16.8 Å². The van der Waals surface area contributed by atoms with Gasteiger partial charge in [0.2, 0.25) is 0 Å². The summed E-state index contributed by atoms with van der Waals surface area (Å²) in [6.45, 7) is 5.69. The van der Waals surface area contributed by atoms with Gasteiger partial charge in [-0.25, -0.2) is 9.78 Å². The van der Waals surface area contributed by atoms with Crippen LogP contribution in [0.1, 0.15) is 34.2 Å². The highest BCUT2D eigenvalue weighted by Gasteiger charge is 2.11. The molecule has 1 aromatic heterocycles. The summed E-state index contributed by atoms with van der Waals surface area (Å²) >= 11 is 0. The number of aryl methyl sites for hydroxylation is 3. The fourth-order valence-corrected chi connectivity index (χ4v) is 1.22. The molecule has 0 saturated heterocycles. The lowest BCUT2D eigenvalue weighted by Crippen LogP contribution is -2.07. The van der Waals surface area contributed by atoms with Crippen LogP contribution in [0, 0.1) is 13.8 Å². The summed E-state index contributed by atoms with van der Waals surface area (Å²) in [5.74, 6) is -0.944. The zero-order valence-corrected chi connectivity index (χ0v) is 8.09. The van der Waals surface area contributed by atoms with Crippen LogP contribution in [0.15, 0.2) is 6.07 Å². The molecule has 13 heavy (non-hydrogen) atoms. The third-order valence-corrected chi connectivity index (χ3v) is 2.13. The largest absolute Gasteiger partial charge is 0.477 e. The fourth-order valence-electron chi connectivity index (χ4n) is 1.22. The van der Waals surface area contributed by atoms with Gasteiger partial charge in [0.15, 0.2) is 5.69 Å². The van der Waals surface area contributed by atoms with Crippen molar-refractivity contribution in [1.82, 2.24) is 4.98 Å². The highest BCUT2D eigenvalue weighted by atomic mass is 16.4. The number of rotatable bonds is 2. The van der Waals surface area contributed by atoms with Crippen LogP contribution in [0.3, 0.4) is 0 Å². The number of nitrogens with zero attached hydrogens (tertiary/aromatic N) is 1. The number of aromatic nitrogens is 1. The number of hydrogen-bond donors (Lipinski definition) is 1. The summed E-state index contributed by atoms with van der Waals surface area (Å²) in [5.41, 5.74) is 2.82. The third kappa shape index (κ3) is 1.86. The van der Waals surface area contributed by atoms with E-state index >= 15 is 0 Å². The quantitative estimate of drug-likeness (QED) is 0.755. The Labute approximate surface area is 77.4 Å². The summed E-state index contributed by atoms with van der Waals surface area (Å²) in [6.07, 6.45) is 0.704. The standard InChI is InChI=1S/C10H13NO2/c1-4-8-5-6(2)7(3)11-9(8)10(12)13/h5H,4H2,1-3H3,(H,12,13). The van der Waals surface area contributed by atoms with Crippen molar-refractivity contribution < 1.29 is 9.90 Å². The first-order valence-electron chi connectivity index (χ1n) is 4.26. The Hall–Kier alpha value is -1.38. The van der Waals surface area contributed by atoms with Gasteiger partial charge in [0.1, 0.15) is 0 Å². The molecule has 1 aromatic rings. The minimum atomic E-state index is -0.944. The predicted molar refractivity (Wildman–Crippen MR) is 50.0 cm³/mol. The van der Waals surface area contributed by atoms with E-state index in [1.165, 1.54) is 0 Å². The maximum Gasteiger partial charge on any atom is 0.354 e. The average molecular weight is 179 g/mol. The molecule has 3 nitrogen and oxygen atoms in total. The fraction of sp³-hybridized carbons (Fsp3) is 0.400. The zero-order chi connectivity index (χ0) is 10.0. The second kappa shape index (κ2) is 3.56. The molecule has 0 unspecified atom stereocenters. The van der Waals surface area contributed by atoms with Crippen LogP contribution in [-0.4, -0.2) is 16.1 Å². The molecule has 0 aliphatic heterocycles. The number of carbonyl (C=O) groups is 1. The minimum absolute atomic E-state index is 0.186. The van der Waals surface area contributed by atoms with Crippen LogP contribution in [0.4, 0.5) is 0 Å². The van der Waals surface area contributed by atoms with Crippen molar-refractivity contribution in [3.63, 3.8) is 0 Å². The molecule has 1 rings (SSSR count). The van der Waals surface area contributed by atoms with Gasteiger partial charge in [0, 0.05) is 5.69 Å². The lowest BCUT2D eigenvalue weighted by Gasteiger charge is -2.06. The minimum Gasteiger partial charge on any atom is -0.477 e. The molecule has 0 spiro atoms. The van der Waals surface area contributed by atoms with E-state index in [1.807, 2.05) is 26.8 Å². The number of hydrogen-bond acceptors (Lipinski definition) is 2. The summed E-state index contributed by atoms with van der Waals surface area (Å²) in [5, 5.41) is 8.85. The van der Waals surface area contributed by atoms with Crippen molar-refractivity contribution >= 4 is 5.97 Å². The van der Waals surface area contributed by atoms with Crippen LogP contribution in [0.5, 0.6) is 0 Å². The van der Waals surface area contributed by atoms with Crippen molar-refractivity contribution in [3.8, 4) is 0 Å². The zero-order valence-electron chi connectivity index (χ0n) is 8.09. The Morgan fingerprint density at radius 2 is 2.15 bits per heavy atom. The van der Waals surface area contributed by atoms with Gasteiger partial charge in [-0.05, 0) is 31.4 Å². The molecule has 0 fully saturated rings. The van der Waals surface area contributed by atoms with E-state index in [4.69, 9.17) is 5.11 Å². The van der Waals surface area contributed by atoms with Gasteiger partial charge in [0.25, 0.3) is 0 Å². The molecule has 0 aliphatic carbocycles. The van der Waals surface area contributed by atoms with Gasteiger partial charge in [-0.1, -0.05) is 13.0 Å². The number of pyridine rings is 1. The lowest BCUT2D eigenvalue weighted by molar-refractivity contribution is 0.0689. The molecule has 0 saturated carbocycles. The first kappa shape index (κ1) is 9.71. The summed E-state index contributed by atoms with van der Waals surface area (Å²) in [6, 6.07) is 1.89. The van der Waals surface area contributed by atoms with E-state index < -0.39 is 5.97 Å². The third-order valence-electron chi connectivity index (χ3n) is 2.13. The van der Waals surface area contributed by atoms with Gasteiger partial charge < -0.3 is 5.11 Å². The van der Waals surface area contributed by atoms with Crippen molar-refractivity contribution in [2.45, 2.75) is 27.2 Å². The molecule has 0 aromatic carbocycles. The molecule has 0 radical (unpaired) electrons. The van der Waals surface area contributed by atoms with Gasteiger partial charge in [-0.2, -0.15) is 0 Å². The smallest absolute Gasteiger partial charge is 0.354 e. The Bertz CT molecular complexity index is 345. The molecular formula is C10H13NO2. The normalized spacial score (nSPS) is 10.1. The highest BCUT2D eigenvalue weighted by molar-refractivity contribution is 5.87. The van der Waals surface area contributed by atoms with E-state index in [9.17, 15) is 4.79 Å².